The van der Waals surface area contributed by atoms with Crippen molar-refractivity contribution in [1.29, 1.82) is 0 Å². The summed E-state index contributed by atoms with van der Waals surface area (Å²) in [4.78, 5) is 11.7. The number of aromatic nitrogens is 5. The Kier molecular flexibility index (Phi) is 7.25. The smallest absolute Gasteiger partial charge is 0.387 e. The number of alkyl halides is 2. The van der Waals surface area contributed by atoms with E-state index in [4.69, 9.17) is 5.73 Å². The van der Waals surface area contributed by atoms with Crippen LogP contribution in [0.3, 0.4) is 0 Å². The lowest BCUT2D eigenvalue weighted by atomic mass is 10.3. The lowest BCUT2D eigenvalue weighted by Gasteiger charge is -2.07. The van der Waals surface area contributed by atoms with E-state index in [-0.39, 0.29) is 42.6 Å². The van der Waals surface area contributed by atoms with Gasteiger partial charge in [0.1, 0.15) is 6.33 Å². The van der Waals surface area contributed by atoms with Gasteiger partial charge in [0.25, 0.3) is 5.95 Å². The summed E-state index contributed by atoms with van der Waals surface area (Å²) in [5.74, 6) is 0.523. The fourth-order valence-corrected chi connectivity index (χ4v) is 1.30. The molecule has 1 unspecified atom stereocenters. The van der Waals surface area contributed by atoms with Gasteiger partial charge in [-0.1, -0.05) is 0 Å². The third-order valence-corrected chi connectivity index (χ3v) is 2.01. The molecule has 0 saturated heterocycles. The van der Waals surface area contributed by atoms with Gasteiger partial charge in [-0.25, -0.2) is 15.0 Å². The molecule has 2 rings (SSSR count). The quantitative estimate of drug-likeness (QED) is 0.914. The Hall–Kier alpha value is -1.58. The Balaban J connectivity index is 0.00000180. The van der Waals surface area contributed by atoms with Gasteiger partial charge in [0.2, 0.25) is 0 Å². The summed E-state index contributed by atoms with van der Waals surface area (Å²) in [6.07, 6.45) is 3.56. The van der Waals surface area contributed by atoms with E-state index in [1.807, 2.05) is 0 Å². The molecule has 11 heteroatoms. The monoisotopic (exact) mass is 328 g/mol. The highest BCUT2D eigenvalue weighted by atomic mass is 35.5. The van der Waals surface area contributed by atoms with Crippen LogP contribution in [0.15, 0.2) is 18.7 Å². The number of ether oxygens (including phenoxy) is 1. The maximum absolute atomic E-state index is 11.9. The van der Waals surface area contributed by atoms with Crippen molar-refractivity contribution in [3.05, 3.63) is 24.5 Å². The highest BCUT2D eigenvalue weighted by Crippen LogP contribution is 2.13. The van der Waals surface area contributed by atoms with E-state index in [9.17, 15) is 8.78 Å². The van der Waals surface area contributed by atoms with Crippen LogP contribution in [0.2, 0.25) is 0 Å². The van der Waals surface area contributed by atoms with Crippen molar-refractivity contribution in [1.82, 2.24) is 24.7 Å². The van der Waals surface area contributed by atoms with E-state index in [0.717, 1.165) is 12.4 Å². The van der Waals surface area contributed by atoms with Crippen LogP contribution in [0.25, 0.3) is 5.95 Å². The summed E-state index contributed by atoms with van der Waals surface area (Å²) in [5.41, 5.74) is 5.69. The van der Waals surface area contributed by atoms with Crippen LogP contribution < -0.4 is 10.5 Å². The van der Waals surface area contributed by atoms with Gasteiger partial charge in [-0.05, 0) is 6.92 Å². The summed E-state index contributed by atoms with van der Waals surface area (Å²) in [6, 6.07) is -0.354. The second kappa shape index (κ2) is 7.88. The fraction of sp³-hybridized carbons (Fsp3) is 0.333. The normalized spacial score (nSPS) is 11.4. The van der Waals surface area contributed by atoms with Gasteiger partial charge in [0.15, 0.2) is 11.6 Å². The number of rotatable bonds is 4. The number of hydrogen-bond donors (Lipinski definition) is 1. The first-order chi connectivity index (χ1) is 8.58. The molecule has 1 atom stereocenters. The molecule has 112 valence electrons. The van der Waals surface area contributed by atoms with E-state index < -0.39 is 6.61 Å². The third-order valence-electron chi connectivity index (χ3n) is 2.01. The molecule has 0 radical (unpaired) electrons. The van der Waals surface area contributed by atoms with Gasteiger partial charge < -0.3 is 10.5 Å². The maximum atomic E-state index is 11.9. The van der Waals surface area contributed by atoms with Crippen molar-refractivity contribution >= 4 is 24.8 Å². The van der Waals surface area contributed by atoms with E-state index >= 15 is 0 Å². The summed E-state index contributed by atoms with van der Waals surface area (Å²) < 4.78 is 29.4. The van der Waals surface area contributed by atoms with Crippen molar-refractivity contribution < 1.29 is 13.5 Å². The molecule has 0 bridgehead atoms. The molecule has 0 saturated carbocycles. The summed E-state index contributed by atoms with van der Waals surface area (Å²) in [7, 11) is 0. The zero-order valence-corrected chi connectivity index (χ0v) is 11.8. The Morgan fingerprint density at radius 2 is 1.80 bits per heavy atom. The standard InChI is InChI=1S/C9H10F2N6O.2ClH/c1-5(12)7-15-4-16-17(7)9-13-2-6(3-14-9)18-8(10)11;;/h2-5,8H,12H2,1H3;2*1H. The predicted molar refractivity (Wildman–Crippen MR) is 70.7 cm³/mol. The molecule has 0 fully saturated rings. The van der Waals surface area contributed by atoms with Crippen LogP contribution in [0.1, 0.15) is 18.8 Å². The maximum Gasteiger partial charge on any atom is 0.387 e. The van der Waals surface area contributed by atoms with Crippen LogP contribution in [-0.4, -0.2) is 31.3 Å². The molecule has 2 aromatic heterocycles. The molecule has 0 aliphatic rings. The zero-order valence-electron chi connectivity index (χ0n) is 10.2. The van der Waals surface area contributed by atoms with Gasteiger partial charge in [-0.2, -0.15) is 18.6 Å². The van der Waals surface area contributed by atoms with E-state index in [2.05, 4.69) is 24.8 Å². The van der Waals surface area contributed by atoms with Crippen molar-refractivity contribution in [3.63, 3.8) is 0 Å². The molecule has 0 aliphatic heterocycles. The number of nitrogens with zero attached hydrogens (tertiary/aromatic N) is 5. The topological polar surface area (TPSA) is 91.7 Å². The Morgan fingerprint density at radius 3 is 2.30 bits per heavy atom. The Morgan fingerprint density at radius 1 is 1.20 bits per heavy atom. The highest BCUT2D eigenvalue weighted by molar-refractivity contribution is 5.85. The largest absolute Gasteiger partial charge is 0.432 e. The van der Waals surface area contributed by atoms with E-state index in [1.54, 1.807) is 6.92 Å². The second-order valence-corrected chi connectivity index (χ2v) is 3.42. The highest BCUT2D eigenvalue weighted by Gasteiger charge is 2.13. The second-order valence-electron chi connectivity index (χ2n) is 3.42. The van der Waals surface area contributed by atoms with Crippen molar-refractivity contribution in [2.75, 3.05) is 0 Å². The van der Waals surface area contributed by atoms with Gasteiger partial charge in [-0.15, -0.1) is 24.8 Å². The lowest BCUT2D eigenvalue weighted by molar-refractivity contribution is -0.0503. The number of halogens is 4. The van der Waals surface area contributed by atoms with Crippen LogP contribution in [0.5, 0.6) is 5.75 Å². The molecule has 2 aromatic rings. The van der Waals surface area contributed by atoms with E-state index in [1.165, 1.54) is 11.0 Å². The minimum Gasteiger partial charge on any atom is -0.432 e. The predicted octanol–water partition coefficient (Wildman–Crippen LogP) is 1.52. The minimum atomic E-state index is -2.91. The molecule has 2 N–H and O–H groups in total. The van der Waals surface area contributed by atoms with Crippen LogP contribution in [-0.2, 0) is 0 Å². The Labute approximate surface area is 125 Å². The summed E-state index contributed by atoms with van der Waals surface area (Å²) in [5, 5.41) is 3.91. The average molecular weight is 329 g/mol. The SMILES string of the molecule is CC(N)c1ncnn1-c1ncc(OC(F)F)cn1.Cl.Cl. The number of nitrogens with two attached hydrogens (primary N) is 1. The molecule has 0 aliphatic carbocycles. The van der Waals surface area contributed by atoms with Crippen molar-refractivity contribution in [2.24, 2.45) is 5.73 Å². The molecule has 0 amide bonds. The zero-order chi connectivity index (χ0) is 13.1. The van der Waals surface area contributed by atoms with Gasteiger partial charge in [-0.3, -0.25) is 0 Å². The first-order valence-corrected chi connectivity index (χ1v) is 5.00. The molecular formula is C9H12Cl2F2N6O. The first-order valence-electron chi connectivity index (χ1n) is 5.00. The van der Waals surface area contributed by atoms with Crippen molar-refractivity contribution in [3.8, 4) is 11.7 Å². The van der Waals surface area contributed by atoms with Gasteiger partial charge >= 0.3 is 6.61 Å². The van der Waals surface area contributed by atoms with Crippen LogP contribution >= 0.6 is 24.8 Å². The first kappa shape index (κ1) is 18.4. The van der Waals surface area contributed by atoms with E-state index in [0.29, 0.717) is 5.82 Å². The lowest BCUT2D eigenvalue weighted by Crippen LogP contribution is -2.15. The van der Waals surface area contributed by atoms with Gasteiger partial charge in [0, 0.05) is 0 Å². The summed E-state index contributed by atoms with van der Waals surface area (Å²) >= 11 is 0. The molecule has 2 heterocycles. The fourth-order valence-electron chi connectivity index (χ4n) is 1.30. The van der Waals surface area contributed by atoms with Gasteiger partial charge in [0.05, 0.1) is 18.4 Å². The third kappa shape index (κ3) is 4.22. The molecule has 0 spiro atoms. The average Bonchev–Trinajstić information content (AvgIpc) is 2.78. The van der Waals surface area contributed by atoms with Crippen molar-refractivity contribution in [2.45, 2.75) is 19.6 Å². The summed E-state index contributed by atoms with van der Waals surface area (Å²) in [6.45, 7) is -1.18. The molecule has 0 aromatic carbocycles. The minimum absolute atomic E-state index is 0. The number of hydrogen-bond acceptors (Lipinski definition) is 6. The van der Waals surface area contributed by atoms with Crippen LogP contribution in [0.4, 0.5) is 8.78 Å². The molecular weight excluding hydrogens is 317 g/mol. The Bertz CT molecular complexity index is 521. The molecule has 20 heavy (non-hydrogen) atoms. The van der Waals surface area contributed by atoms with Crippen LogP contribution in [0, 0.1) is 0 Å². The molecule has 7 nitrogen and oxygen atoms in total.